The number of carbonyl (C=O) groups excluding carboxylic acids is 1. The number of halogens is 1. The Hall–Kier alpha value is -2.14. The van der Waals surface area contributed by atoms with E-state index in [1.165, 1.54) is 12.7 Å². The summed E-state index contributed by atoms with van der Waals surface area (Å²) in [5, 5.41) is 3.96. The SMILES string of the molecule is COc1ccc(Br)cc1C(=O)N/N=C/c1ccc(C)cc1. The molecule has 0 heterocycles. The summed E-state index contributed by atoms with van der Waals surface area (Å²) in [6, 6.07) is 13.1. The van der Waals surface area contributed by atoms with Crippen molar-refractivity contribution in [1.29, 1.82) is 0 Å². The van der Waals surface area contributed by atoms with E-state index in [9.17, 15) is 4.79 Å². The minimum Gasteiger partial charge on any atom is -0.496 e. The van der Waals surface area contributed by atoms with E-state index in [0.717, 1.165) is 10.0 Å². The molecule has 2 aromatic rings. The van der Waals surface area contributed by atoms with Crippen LogP contribution in [0.2, 0.25) is 0 Å². The van der Waals surface area contributed by atoms with E-state index in [2.05, 4.69) is 26.5 Å². The lowest BCUT2D eigenvalue weighted by Gasteiger charge is -2.07. The number of benzene rings is 2. The van der Waals surface area contributed by atoms with Crippen molar-refractivity contribution in [3.05, 3.63) is 63.6 Å². The van der Waals surface area contributed by atoms with Gasteiger partial charge < -0.3 is 4.74 Å². The number of hydrogen-bond acceptors (Lipinski definition) is 3. The standard InChI is InChI=1S/C16H15BrN2O2/c1-11-3-5-12(6-4-11)10-18-19-16(20)14-9-13(17)7-8-15(14)21-2/h3-10H,1-2H3,(H,19,20)/b18-10+. The molecule has 0 bridgehead atoms. The van der Waals surface area contributed by atoms with E-state index in [4.69, 9.17) is 4.74 Å². The van der Waals surface area contributed by atoms with Gasteiger partial charge in [-0.2, -0.15) is 5.10 Å². The fourth-order valence-corrected chi connectivity index (χ4v) is 2.10. The Bertz CT molecular complexity index is 666. The van der Waals surface area contributed by atoms with Gasteiger partial charge in [0.2, 0.25) is 0 Å². The fraction of sp³-hybridized carbons (Fsp3) is 0.125. The summed E-state index contributed by atoms with van der Waals surface area (Å²) in [5.74, 6) is 0.178. The lowest BCUT2D eigenvalue weighted by molar-refractivity contribution is 0.0952. The average Bonchev–Trinajstić information content (AvgIpc) is 2.49. The summed E-state index contributed by atoms with van der Waals surface area (Å²) in [5.41, 5.74) is 5.01. The van der Waals surface area contributed by atoms with Crippen molar-refractivity contribution < 1.29 is 9.53 Å². The lowest BCUT2D eigenvalue weighted by Crippen LogP contribution is -2.18. The number of hydrogen-bond donors (Lipinski definition) is 1. The third-order valence-electron chi connectivity index (χ3n) is 2.86. The quantitative estimate of drug-likeness (QED) is 0.680. The van der Waals surface area contributed by atoms with Crippen LogP contribution in [0.1, 0.15) is 21.5 Å². The molecule has 0 aliphatic carbocycles. The molecule has 1 N–H and O–H groups in total. The first-order valence-electron chi connectivity index (χ1n) is 6.34. The number of nitrogens with zero attached hydrogens (tertiary/aromatic N) is 1. The van der Waals surface area contributed by atoms with Gasteiger partial charge in [0.1, 0.15) is 5.75 Å². The van der Waals surface area contributed by atoms with Gasteiger partial charge in [0.05, 0.1) is 18.9 Å². The zero-order chi connectivity index (χ0) is 15.2. The molecule has 0 radical (unpaired) electrons. The largest absolute Gasteiger partial charge is 0.496 e. The maximum Gasteiger partial charge on any atom is 0.275 e. The molecular weight excluding hydrogens is 332 g/mol. The zero-order valence-electron chi connectivity index (χ0n) is 11.8. The van der Waals surface area contributed by atoms with Crippen molar-refractivity contribution in [2.24, 2.45) is 5.10 Å². The van der Waals surface area contributed by atoms with Gasteiger partial charge in [-0.3, -0.25) is 4.79 Å². The normalized spacial score (nSPS) is 10.6. The summed E-state index contributed by atoms with van der Waals surface area (Å²) in [7, 11) is 1.52. The highest BCUT2D eigenvalue weighted by molar-refractivity contribution is 9.10. The van der Waals surface area contributed by atoms with Crippen molar-refractivity contribution in [2.75, 3.05) is 7.11 Å². The molecular formula is C16H15BrN2O2. The molecule has 2 rings (SSSR count). The van der Waals surface area contributed by atoms with Gasteiger partial charge in [0.25, 0.3) is 5.91 Å². The monoisotopic (exact) mass is 346 g/mol. The van der Waals surface area contributed by atoms with E-state index in [0.29, 0.717) is 11.3 Å². The molecule has 5 heteroatoms. The highest BCUT2D eigenvalue weighted by Gasteiger charge is 2.11. The van der Waals surface area contributed by atoms with Crippen LogP contribution in [0.4, 0.5) is 0 Å². The van der Waals surface area contributed by atoms with Gasteiger partial charge in [-0.25, -0.2) is 5.43 Å². The van der Waals surface area contributed by atoms with Crippen LogP contribution in [0.5, 0.6) is 5.75 Å². The first-order valence-corrected chi connectivity index (χ1v) is 7.13. The first-order chi connectivity index (χ1) is 10.1. The second kappa shape index (κ2) is 7.04. The predicted octanol–water partition coefficient (Wildman–Crippen LogP) is 3.53. The van der Waals surface area contributed by atoms with Crippen LogP contribution in [0.3, 0.4) is 0 Å². The summed E-state index contributed by atoms with van der Waals surface area (Å²) in [4.78, 5) is 12.1. The predicted molar refractivity (Wildman–Crippen MR) is 86.9 cm³/mol. The molecule has 0 aromatic heterocycles. The minimum absolute atomic E-state index is 0.323. The van der Waals surface area contributed by atoms with Crippen molar-refractivity contribution in [3.8, 4) is 5.75 Å². The van der Waals surface area contributed by atoms with Gasteiger partial charge in [0, 0.05) is 4.47 Å². The number of carbonyl (C=O) groups is 1. The Labute approximate surface area is 132 Å². The second-order valence-electron chi connectivity index (χ2n) is 4.45. The second-order valence-corrected chi connectivity index (χ2v) is 5.37. The summed E-state index contributed by atoms with van der Waals surface area (Å²) < 4.78 is 5.97. The van der Waals surface area contributed by atoms with Gasteiger partial charge in [-0.05, 0) is 30.7 Å². The van der Waals surface area contributed by atoms with E-state index in [-0.39, 0.29) is 5.91 Å². The molecule has 0 spiro atoms. The Morgan fingerprint density at radius 1 is 1.24 bits per heavy atom. The van der Waals surface area contributed by atoms with Crippen molar-refractivity contribution in [1.82, 2.24) is 5.43 Å². The number of rotatable bonds is 4. The van der Waals surface area contributed by atoms with E-state index in [1.54, 1.807) is 18.3 Å². The minimum atomic E-state index is -0.323. The van der Waals surface area contributed by atoms with Crippen LogP contribution in [0.25, 0.3) is 0 Å². The number of aryl methyl sites for hydroxylation is 1. The number of nitrogens with one attached hydrogen (secondary N) is 1. The Morgan fingerprint density at radius 3 is 2.62 bits per heavy atom. The summed E-state index contributed by atoms with van der Waals surface area (Å²) in [6.45, 7) is 2.02. The van der Waals surface area contributed by atoms with Crippen LogP contribution in [0.15, 0.2) is 52.0 Å². The third kappa shape index (κ3) is 4.16. The smallest absolute Gasteiger partial charge is 0.275 e. The Morgan fingerprint density at radius 2 is 1.95 bits per heavy atom. The van der Waals surface area contributed by atoms with E-state index < -0.39 is 0 Å². The van der Waals surface area contributed by atoms with Gasteiger partial charge in [-0.1, -0.05) is 45.8 Å². The van der Waals surface area contributed by atoms with Gasteiger partial charge in [0.15, 0.2) is 0 Å². The van der Waals surface area contributed by atoms with Crippen LogP contribution in [-0.4, -0.2) is 19.2 Å². The average molecular weight is 347 g/mol. The molecule has 0 aliphatic rings. The number of ether oxygens (including phenoxy) is 1. The van der Waals surface area contributed by atoms with Crippen LogP contribution >= 0.6 is 15.9 Å². The Balaban J connectivity index is 2.08. The number of hydrazone groups is 1. The molecule has 0 saturated heterocycles. The van der Waals surface area contributed by atoms with Gasteiger partial charge >= 0.3 is 0 Å². The van der Waals surface area contributed by atoms with Crippen molar-refractivity contribution in [2.45, 2.75) is 6.92 Å². The molecule has 2 aromatic carbocycles. The maximum atomic E-state index is 12.1. The van der Waals surface area contributed by atoms with Crippen molar-refractivity contribution >= 4 is 28.1 Å². The molecule has 21 heavy (non-hydrogen) atoms. The third-order valence-corrected chi connectivity index (χ3v) is 3.36. The Kier molecular flexibility index (Phi) is 5.11. The topological polar surface area (TPSA) is 50.7 Å². The molecule has 4 nitrogen and oxygen atoms in total. The van der Waals surface area contributed by atoms with Crippen LogP contribution in [-0.2, 0) is 0 Å². The fourth-order valence-electron chi connectivity index (χ4n) is 1.74. The zero-order valence-corrected chi connectivity index (χ0v) is 13.3. The first kappa shape index (κ1) is 15.3. The van der Waals surface area contributed by atoms with E-state index >= 15 is 0 Å². The molecule has 0 fully saturated rings. The lowest BCUT2D eigenvalue weighted by atomic mass is 10.2. The van der Waals surface area contributed by atoms with Crippen LogP contribution < -0.4 is 10.2 Å². The summed E-state index contributed by atoms with van der Waals surface area (Å²) >= 11 is 3.33. The summed E-state index contributed by atoms with van der Waals surface area (Å²) in [6.07, 6.45) is 1.60. The van der Waals surface area contributed by atoms with E-state index in [1.807, 2.05) is 37.3 Å². The van der Waals surface area contributed by atoms with Crippen molar-refractivity contribution in [3.63, 3.8) is 0 Å². The maximum absolute atomic E-state index is 12.1. The van der Waals surface area contributed by atoms with Gasteiger partial charge in [-0.15, -0.1) is 0 Å². The number of methoxy groups -OCH3 is 1. The van der Waals surface area contributed by atoms with Crippen LogP contribution in [0, 0.1) is 6.92 Å². The highest BCUT2D eigenvalue weighted by atomic mass is 79.9. The molecule has 1 amide bonds. The highest BCUT2D eigenvalue weighted by Crippen LogP contribution is 2.22. The molecule has 0 unspecified atom stereocenters. The molecule has 108 valence electrons. The molecule has 0 aliphatic heterocycles. The number of amides is 1. The molecule has 0 saturated carbocycles. The molecule has 0 atom stereocenters.